The Labute approximate surface area is 195 Å². The Balaban J connectivity index is 1.34. The zero-order valence-electron chi connectivity index (χ0n) is 19.9. The maximum atomic E-state index is 14.3. The molecule has 0 saturated heterocycles. The quantitative estimate of drug-likeness (QED) is 0.306. The van der Waals surface area contributed by atoms with Crippen molar-refractivity contribution in [2.45, 2.75) is 96.8 Å². The predicted octanol–water partition coefficient (Wildman–Crippen LogP) is 9.24. The number of unbranched alkanes of at least 4 members (excludes halogenated alkanes) is 6. The maximum Gasteiger partial charge on any atom is 0.132 e. The van der Waals surface area contributed by atoms with E-state index in [1.165, 1.54) is 95.1 Å². The average Bonchev–Trinajstić information content (AvgIpc) is 2.83. The van der Waals surface area contributed by atoms with Crippen LogP contribution >= 0.6 is 0 Å². The predicted molar refractivity (Wildman–Crippen MR) is 133 cm³/mol. The molecular weight excluding hydrogens is 393 g/mol. The molecule has 0 unspecified atom stereocenters. The van der Waals surface area contributed by atoms with Crippen molar-refractivity contribution in [2.24, 2.45) is 11.8 Å². The summed E-state index contributed by atoms with van der Waals surface area (Å²) >= 11 is 0. The van der Waals surface area contributed by atoms with Crippen LogP contribution in [0.25, 0.3) is 11.1 Å². The van der Waals surface area contributed by atoms with Crippen molar-refractivity contribution in [3.63, 3.8) is 0 Å². The summed E-state index contributed by atoms with van der Waals surface area (Å²) in [5.74, 6) is 1.52. The van der Waals surface area contributed by atoms with Crippen molar-refractivity contribution >= 4 is 0 Å². The molecule has 1 fully saturated rings. The summed E-state index contributed by atoms with van der Waals surface area (Å²) in [5, 5.41) is 8.91. The molecule has 1 aliphatic carbocycles. The Bertz CT molecular complexity index is 840. The van der Waals surface area contributed by atoms with Crippen molar-refractivity contribution in [2.75, 3.05) is 0 Å². The van der Waals surface area contributed by atoms with Crippen LogP contribution in [0, 0.1) is 29.0 Å². The van der Waals surface area contributed by atoms with E-state index in [0.29, 0.717) is 11.1 Å². The minimum Gasteiger partial charge on any atom is -0.206 e. The van der Waals surface area contributed by atoms with Gasteiger partial charge in [-0.25, -0.2) is 4.39 Å². The second kappa shape index (κ2) is 13.4. The number of rotatable bonds is 12. The first-order valence-corrected chi connectivity index (χ1v) is 13.0. The number of halogens is 1. The number of hydrogen-bond acceptors (Lipinski definition) is 1. The zero-order chi connectivity index (χ0) is 22.6. The molecular formula is C30H40FN. The maximum absolute atomic E-state index is 14.3. The zero-order valence-corrected chi connectivity index (χ0v) is 19.9. The molecule has 172 valence electrons. The lowest BCUT2D eigenvalue weighted by atomic mass is 9.77. The smallest absolute Gasteiger partial charge is 0.132 e. The first-order chi connectivity index (χ1) is 15.7. The highest BCUT2D eigenvalue weighted by atomic mass is 19.1. The highest BCUT2D eigenvalue weighted by Crippen LogP contribution is 2.34. The molecule has 0 heterocycles. The summed E-state index contributed by atoms with van der Waals surface area (Å²) in [4.78, 5) is 0. The topological polar surface area (TPSA) is 23.8 Å². The van der Waals surface area contributed by atoms with Gasteiger partial charge in [-0.05, 0) is 47.9 Å². The van der Waals surface area contributed by atoms with Gasteiger partial charge in [-0.3, -0.25) is 0 Å². The molecule has 1 saturated carbocycles. The van der Waals surface area contributed by atoms with Crippen molar-refractivity contribution in [1.82, 2.24) is 0 Å². The van der Waals surface area contributed by atoms with Crippen LogP contribution < -0.4 is 0 Å². The Hall–Kier alpha value is -2.14. The van der Waals surface area contributed by atoms with Gasteiger partial charge in [-0.1, -0.05) is 114 Å². The summed E-state index contributed by atoms with van der Waals surface area (Å²) in [6.07, 6.45) is 19.4. The van der Waals surface area contributed by atoms with E-state index in [-0.39, 0.29) is 5.82 Å². The average molecular weight is 434 g/mol. The summed E-state index contributed by atoms with van der Waals surface area (Å²) in [7, 11) is 0. The molecule has 0 N–H and O–H groups in total. The van der Waals surface area contributed by atoms with Crippen LogP contribution in [-0.2, 0) is 6.42 Å². The largest absolute Gasteiger partial charge is 0.206 e. The van der Waals surface area contributed by atoms with Gasteiger partial charge in [0.15, 0.2) is 0 Å². The van der Waals surface area contributed by atoms with Gasteiger partial charge < -0.3 is 0 Å². The molecule has 0 aliphatic heterocycles. The molecule has 0 aromatic heterocycles. The Morgan fingerprint density at radius 3 is 2.06 bits per heavy atom. The van der Waals surface area contributed by atoms with Gasteiger partial charge in [0.2, 0.25) is 0 Å². The van der Waals surface area contributed by atoms with E-state index in [2.05, 4.69) is 19.1 Å². The van der Waals surface area contributed by atoms with Crippen LogP contribution in [0.4, 0.5) is 4.39 Å². The van der Waals surface area contributed by atoms with Crippen LogP contribution in [-0.4, -0.2) is 0 Å². The Morgan fingerprint density at radius 2 is 1.44 bits per heavy atom. The van der Waals surface area contributed by atoms with Crippen LogP contribution in [0.5, 0.6) is 0 Å². The van der Waals surface area contributed by atoms with Crippen molar-refractivity contribution < 1.29 is 4.39 Å². The van der Waals surface area contributed by atoms with Gasteiger partial charge in [0, 0.05) is 5.56 Å². The lowest BCUT2D eigenvalue weighted by Gasteiger charge is -2.28. The lowest BCUT2D eigenvalue weighted by molar-refractivity contribution is 0.248. The van der Waals surface area contributed by atoms with Crippen LogP contribution in [0.3, 0.4) is 0 Å². The third kappa shape index (κ3) is 7.77. The van der Waals surface area contributed by atoms with Crippen LogP contribution in [0.2, 0.25) is 0 Å². The lowest BCUT2D eigenvalue weighted by Crippen LogP contribution is -2.15. The molecule has 32 heavy (non-hydrogen) atoms. The highest BCUT2D eigenvalue weighted by Gasteiger charge is 2.20. The summed E-state index contributed by atoms with van der Waals surface area (Å²) < 4.78 is 14.3. The summed E-state index contributed by atoms with van der Waals surface area (Å²) in [6.45, 7) is 2.29. The molecule has 0 radical (unpaired) electrons. The fraction of sp³-hybridized carbons (Fsp3) is 0.567. The molecule has 0 atom stereocenters. The minimum atomic E-state index is -0.329. The minimum absolute atomic E-state index is 0.329. The molecule has 0 bridgehead atoms. The highest BCUT2D eigenvalue weighted by molar-refractivity contribution is 5.65. The Morgan fingerprint density at radius 1 is 0.812 bits per heavy atom. The molecule has 3 rings (SSSR count). The van der Waals surface area contributed by atoms with Gasteiger partial charge in [0.05, 0.1) is 11.6 Å². The molecule has 2 aromatic carbocycles. The van der Waals surface area contributed by atoms with E-state index < -0.39 is 0 Å². The molecule has 1 nitrogen and oxygen atoms in total. The molecule has 1 aliphatic rings. The first-order valence-electron chi connectivity index (χ1n) is 13.0. The number of benzene rings is 2. The van der Waals surface area contributed by atoms with Crippen LogP contribution in [0.1, 0.15) is 102 Å². The number of aryl methyl sites for hydroxylation is 1. The molecule has 0 spiro atoms. The second-order valence-electron chi connectivity index (χ2n) is 9.84. The van der Waals surface area contributed by atoms with Crippen LogP contribution in [0.15, 0.2) is 42.5 Å². The van der Waals surface area contributed by atoms with Crippen molar-refractivity contribution in [3.05, 3.63) is 59.4 Å². The summed E-state index contributed by atoms with van der Waals surface area (Å²) in [5.41, 5.74) is 3.14. The first kappa shape index (κ1) is 24.5. The summed E-state index contributed by atoms with van der Waals surface area (Å²) in [6, 6.07) is 15.0. The van der Waals surface area contributed by atoms with E-state index in [0.717, 1.165) is 23.8 Å². The fourth-order valence-corrected chi connectivity index (χ4v) is 5.24. The number of hydrogen-bond donors (Lipinski definition) is 0. The normalized spacial score (nSPS) is 18.4. The number of nitriles is 1. The van der Waals surface area contributed by atoms with E-state index in [4.69, 9.17) is 5.26 Å². The van der Waals surface area contributed by atoms with Crippen molar-refractivity contribution in [1.29, 1.82) is 5.26 Å². The SMILES string of the molecule is CCCCCCCCC[C@H]1CC[C@H](CCc2ccc(-c3ccc(C#N)cc3F)cc2)CC1. The second-order valence-corrected chi connectivity index (χ2v) is 9.84. The van der Waals surface area contributed by atoms with Crippen molar-refractivity contribution in [3.8, 4) is 17.2 Å². The monoisotopic (exact) mass is 433 g/mol. The third-order valence-corrected chi connectivity index (χ3v) is 7.39. The third-order valence-electron chi connectivity index (χ3n) is 7.39. The van der Waals surface area contributed by atoms with E-state index in [1.807, 2.05) is 18.2 Å². The fourth-order valence-electron chi connectivity index (χ4n) is 5.24. The van der Waals surface area contributed by atoms with Gasteiger partial charge in [0.25, 0.3) is 0 Å². The van der Waals surface area contributed by atoms with Gasteiger partial charge in [-0.15, -0.1) is 0 Å². The molecule has 0 amide bonds. The van der Waals surface area contributed by atoms with E-state index in [1.54, 1.807) is 12.1 Å². The molecule has 2 heteroatoms. The van der Waals surface area contributed by atoms with Gasteiger partial charge in [-0.2, -0.15) is 5.26 Å². The Kier molecular flexibility index (Phi) is 10.3. The van der Waals surface area contributed by atoms with Gasteiger partial charge in [0.1, 0.15) is 5.82 Å². The molecule has 2 aromatic rings. The number of nitrogens with zero attached hydrogens (tertiary/aromatic N) is 1. The standard InChI is InChI=1S/C30H40FN/c1-2-3-4-5-6-7-8-9-24-10-12-25(13-11-24)14-15-26-16-19-28(20-17-26)29-21-18-27(23-32)22-30(29)31/h16-22,24-25H,2-15H2,1H3/t24-,25-. The van der Waals surface area contributed by atoms with E-state index in [9.17, 15) is 4.39 Å². The van der Waals surface area contributed by atoms with Gasteiger partial charge >= 0.3 is 0 Å². The van der Waals surface area contributed by atoms with E-state index >= 15 is 0 Å².